The van der Waals surface area contributed by atoms with Gasteiger partial charge in [0.2, 0.25) is 0 Å². The van der Waals surface area contributed by atoms with Gasteiger partial charge in [0.1, 0.15) is 11.5 Å². The maximum atomic E-state index is 11.7. The van der Waals surface area contributed by atoms with Crippen LogP contribution in [0.4, 0.5) is 10.5 Å². The van der Waals surface area contributed by atoms with Crippen molar-refractivity contribution in [2.24, 2.45) is 0 Å². The van der Waals surface area contributed by atoms with E-state index < -0.39 is 6.03 Å². The van der Waals surface area contributed by atoms with E-state index in [1.807, 2.05) is 0 Å². The Morgan fingerprint density at radius 1 is 1.19 bits per heavy atom. The molecule has 2 amide bonds. The maximum Gasteiger partial charge on any atom is 0.319 e. The molecule has 0 aliphatic heterocycles. The van der Waals surface area contributed by atoms with E-state index in [2.05, 4.69) is 10.6 Å². The SMILES string of the molecule is CCOC(=O)CCNC(=O)Nc1cc(OC)ccc1OC. The monoisotopic (exact) mass is 296 g/mol. The Morgan fingerprint density at radius 2 is 1.95 bits per heavy atom. The smallest absolute Gasteiger partial charge is 0.319 e. The molecule has 1 rings (SSSR count). The van der Waals surface area contributed by atoms with Crippen LogP contribution >= 0.6 is 0 Å². The second-order valence-corrected chi connectivity index (χ2v) is 4.00. The number of nitrogens with one attached hydrogen (secondary N) is 2. The summed E-state index contributed by atoms with van der Waals surface area (Å²) in [5, 5.41) is 5.20. The fourth-order valence-corrected chi connectivity index (χ4v) is 1.59. The Balaban J connectivity index is 2.52. The zero-order chi connectivity index (χ0) is 15.7. The van der Waals surface area contributed by atoms with Crippen LogP contribution in [0.5, 0.6) is 11.5 Å². The molecule has 0 heterocycles. The number of esters is 1. The number of amides is 2. The van der Waals surface area contributed by atoms with E-state index in [0.717, 1.165) is 0 Å². The molecule has 7 heteroatoms. The number of anilines is 1. The molecule has 0 unspecified atom stereocenters. The van der Waals surface area contributed by atoms with Crippen LogP contribution < -0.4 is 20.1 Å². The normalized spacial score (nSPS) is 9.67. The van der Waals surface area contributed by atoms with E-state index in [-0.39, 0.29) is 18.9 Å². The van der Waals surface area contributed by atoms with Gasteiger partial charge in [-0.15, -0.1) is 0 Å². The van der Waals surface area contributed by atoms with Gasteiger partial charge < -0.3 is 24.8 Å². The first-order valence-corrected chi connectivity index (χ1v) is 6.53. The molecule has 0 aliphatic rings. The molecule has 0 fully saturated rings. The van der Waals surface area contributed by atoms with Crippen LogP contribution in [0, 0.1) is 0 Å². The van der Waals surface area contributed by atoms with E-state index >= 15 is 0 Å². The number of carbonyl (C=O) groups is 2. The molecule has 0 aliphatic carbocycles. The Hall–Kier alpha value is -2.44. The highest BCUT2D eigenvalue weighted by atomic mass is 16.5. The zero-order valence-corrected chi connectivity index (χ0v) is 12.4. The third-order valence-corrected chi connectivity index (χ3v) is 2.57. The largest absolute Gasteiger partial charge is 0.497 e. The van der Waals surface area contributed by atoms with Gasteiger partial charge in [-0.25, -0.2) is 4.79 Å². The van der Waals surface area contributed by atoms with E-state index in [1.165, 1.54) is 14.2 Å². The summed E-state index contributed by atoms with van der Waals surface area (Å²) in [7, 11) is 3.04. The lowest BCUT2D eigenvalue weighted by Crippen LogP contribution is -2.31. The minimum absolute atomic E-state index is 0.122. The second kappa shape index (κ2) is 8.68. The van der Waals surface area contributed by atoms with Gasteiger partial charge in [0.15, 0.2) is 0 Å². The van der Waals surface area contributed by atoms with Gasteiger partial charge in [-0.2, -0.15) is 0 Å². The van der Waals surface area contributed by atoms with Gasteiger partial charge in [0.25, 0.3) is 0 Å². The number of rotatable bonds is 7. The molecule has 0 bridgehead atoms. The molecule has 1 aromatic rings. The minimum Gasteiger partial charge on any atom is -0.497 e. The minimum atomic E-state index is -0.439. The first-order chi connectivity index (χ1) is 10.1. The number of hydrogen-bond acceptors (Lipinski definition) is 5. The lowest BCUT2D eigenvalue weighted by Gasteiger charge is -2.12. The van der Waals surface area contributed by atoms with Crippen molar-refractivity contribution >= 4 is 17.7 Å². The van der Waals surface area contributed by atoms with Crippen molar-refractivity contribution in [1.29, 1.82) is 0 Å². The summed E-state index contributed by atoms with van der Waals surface area (Å²) in [6, 6.07) is 4.62. The van der Waals surface area contributed by atoms with E-state index in [9.17, 15) is 9.59 Å². The molecule has 116 valence electrons. The standard InChI is InChI=1S/C14H20N2O5/c1-4-21-13(17)7-8-15-14(18)16-11-9-10(19-2)5-6-12(11)20-3/h5-6,9H,4,7-8H2,1-3H3,(H2,15,16,18). The van der Waals surface area contributed by atoms with Crippen LogP contribution in [0.15, 0.2) is 18.2 Å². The van der Waals surface area contributed by atoms with Crippen LogP contribution in [-0.2, 0) is 9.53 Å². The summed E-state index contributed by atoms with van der Waals surface area (Å²) in [6.07, 6.45) is 0.122. The highest BCUT2D eigenvalue weighted by molar-refractivity contribution is 5.91. The third-order valence-electron chi connectivity index (χ3n) is 2.57. The van der Waals surface area contributed by atoms with E-state index in [1.54, 1.807) is 25.1 Å². The molecule has 1 aromatic carbocycles. The van der Waals surface area contributed by atoms with Crippen molar-refractivity contribution in [1.82, 2.24) is 5.32 Å². The van der Waals surface area contributed by atoms with Gasteiger partial charge in [0, 0.05) is 12.6 Å². The molecule has 0 radical (unpaired) electrons. The lowest BCUT2D eigenvalue weighted by molar-refractivity contribution is -0.142. The van der Waals surface area contributed by atoms with Crippen LogP contribution in [-0.4, -0.2) is 39.4 Å². The molecule has 0 saturated carbocycles. The van der Waals surface area contributed by atoms with Gasteiger partial charge in [0.05, 0.1) is 32.9 Å². The Morgan fingerprint density at radius 3 is 2.57 bits per heavy atom. The van der Waals surface area contributed by atoms with Crippen LogP contribution in [0.25, 0.3) is 0 Å². The highest BCUT2D eigenvalue weighted by Crippen LogP contribution is 2.28. The van der Waals surface area contributed by atoms with Gasteiger partial charge in [-0.05, 0) is 19.1 Å². The first-order valence-electron chi connectivity index (χ1n) is 6.53. The Labute approximate surface area is 123 Å². The predicted molar refractivity (Wildman–Crippen MR) is 77.8 cm³/mol. The molecule has 0 atom stereocenters. The molecule has 21 heavy (non-hydrogen) atoms. The summed E-state index contributed by atoms with van der Waals surface area (Å²) in [5.41, 5.74) is 0.477. The predicted octanol–water partition coefficient (Wildman–Crippen LogP) is 1.78. The van der Waals surface area contributed by atoms with Crippen molar-refractivity contribution in [2.75, 3.05) is 32.7 Å². The highest BCUT2D eigenvalue weighted by Gasteiger charge is 2.09. The second-order valence-electron chi connectivity index (χ2n) is 4.00. The van der Waals surface area contributed by atoms with Gasteiger partial charge >= 0.3 is 12.0 Å². The van der Waals surface area contributed by atoms with Crippen LogP contribution in [0.3, 0.4) is 0 Å². The number of benzene rings is 1. The van der Waals surface area contributed by atoms with Crippen molar-refractivity contribution < 1.29 is 23.8 Å². The number of hydrogen-bond donors (Lipinski definition) is 2. The first kappa shape index (κ1) is 16.6. The summed E-state index contributed by atoms with van der Waals surface area (Å²) >= 11 is 0. The fraction of sp³-hybridized carbons (Fsp3) is 0.429. The number of ether oxygens (including phenoxy) is 3. The summed E-state index contributed by atoms with van der Waals surface area (Å²) < 4.78 is 15.0. The number of methoxy groups -OCH3 is 2. The quantitative estimate of drug-likeness (QED) is 0.749. The Bertz CT molecular complexity index is 490. The lowest BCUT2D eigenvalue weighted by atomic mass is 10.2. The number of carbonyl (C=O) groups excluding carboxylic acids is 2. The maximum absolute atomic E-state index is 11.7. The molecule has 0 saturated heterocycles. The zero-order valence-electron chi connectivity index (χ0n) is 12.4. The topological polar surface area (TPSA) is 85.9 Å². The average Bonchev–Trinajstić information content (AvgIpc) is 2.47. The Kier molecular flexibility index (Phi) is 6.86. The van der Waals surface area contributed by atoms with Crippen molar-refractivity contribution in [2.45, 2.75) is 13.3 Å². The van der Waals surface area contributed by atoms with E-state index in [0.29, 0.717) is 23.8 Å². The van der Waals surface area contributed by atoms with Gasteiger partial charge in [-0.1, -0.05) is 0 Å². The summed E-state index contributed by atoms with van der Waals surface area (Å²) in [4.78, 5) is 22.9. The van der Waals surface area contributed by atoms with Crippen LogP contribution in [0.1, 0.15) is 13.3 Å². The van der Waals surface area contributed by atoms with Crippen molar-refractivity contribution in [3.63, 3.8) is 0 Å². The molecular formula is C14H20N2O5. The summed E-state index contributed by atoms with van der Waals surface area (Å²) in [5.74, 6) is 0.755. The van der Waals surface area contributed by atoms with Gasteiger partial charge in [-0.3, -0.25) is 4.79 Å². The molecular weight excluding hydrogens is 276 g/mol. The summed E-state index contributed by atoms with van der Waals surface area (Å²) in [6.45, 7) is 2.25. The van der Waals surface area contributed by atoms with Crippen molar-refractivity contribution in [3.8, 4) is 11.5 Å². The molecule has 7 nitrogen and oxygen atoms in total. The molecule has 0 spiro atoms. The third kappa shape index (κ3) is 5.60. The van der Waals surface area contributed by atoms with Crippen LogP contribution in [0.2, 0.25) is 0 Å². The van der Waals surface area contributed by atoms with Crippen molar-refractivity contribution in [3.05, 3.63) is 18.2 Å². The molecule has 0 aromatic heterocycles. The van der Waals surface area contributed by atoms with E-state index in [4.69, 9.17) is 14.2 Å². The number of urea groups is 1. The average molecular weight is 296 g/mol. The fourth-order valence-electron chi connectivity index (χ4n) is 1.59. The molecule has 2 N–H and O–H groups in total.